The first kappa shape index (κ1) is 21.2. The molecule has 8 nitrogen and oxygen atoms in total. The maximum absolute atomic E-state index is 13.3. The van der Waals surface area contributed by atoms with E-state index in [0.717, 1.165) is 6.04 Å². The summed E-state index contributed by atoms with van der Waals surface area (Å²) in [6.07, 6.45) is -0.302. The lowest BCUT2D eigenvalue weighted by atomic mass is 10.1. The van der Waals surface area contributed by atoms with Crippen LogP contribution in [0.4, 0.5) is 10.5 Å². The Balaban J connectivity index is 2.01. The molecular formula is C20H28N2O6Si. The first-order valence-corrected chi connectivity index (χ1v) is 13.4. The summed E-state index contributed by atoms with van der Waals surface area (Å²) in [5.74, 6) is 0.259. The summed E-state index contributed by atoms with van der Waals surface area (Å²) in [5.41, 5.74) is 0.624. The number of carbonyl (C=O) groups is 3. The average Bonchev–Trinajstić information content (AvgIpc) is 2.98. The number of ether oxygens (including phenoxy) is 3. The molecule has 9 heteroatoms. The van der Waals surface area contributed by atoms with Gasteiger partial charge in [0, 0.05) is 14.5 Å². The van der Waals surface area contributed by atoms with E-state index in [1.54, 1.807) is 12.1 Å². The number of fused-ring (bicyclic) bond motifs is 2. The predicted octanol–water partition coefficient (Wildman–Crippen LogP) is 2.78. The predicted molar refractivity (Wildman–Crippen MR) is 111 cm³/mol. The molecule has 0 aliphatic carbocycles. The first-order chi connectivity index (χ1) is 13.7. The molecule has 2 aliphatic rings. The number of rotatable bonds is 5. The maximum Gasteiger partial charge on any atom is 0.414 e. The van der Waals surface area contributed by atoms with Gasteiger partial charge in [0.05, 0.1) is 45.6 Å². The molecule has 2 heterocycles. The van der Waals surface area contributed by atoms with E-state index in [1.807, 2.05) is 0 Å². The minimum absolute atomic E-state index is 0.0271. The molecule has 1 atom stereocenters. The Morgan fingerprint density at radius 3 is 2.52 bits per heavy atom. The van der Waals surface area contributed by atoms with Crippen molar-refractivity contribution in [3.05, 3.63) is 17.7 Å². The van der Waals surface area contributed by atoms with Gasteiger partial charge < -0.3 is 19.1 Å². The molecule has 158 valence electrons. The SMILES string of the molecule is COc1ccc2c(c1OC)C(=O)N1CC(=O)C[C@H]1CN2C(=O)OCC[Si](C)(C)C. The lowest BCUT2D eigenvalue weighted by Gasteiger charge is -2.26. The van der Waals surface area contributed by atoms with Gasteiger partial charge in [0.2, 0.25) is 0 Å². The number of benzene rings is 1. The van der Waals surface area contributed by atoms with Gasteiger partial charge in [-0.25, -0.2) is 4.79 Å². The number of amides is 2. The molecule has 0 bridgehead atoms. The van der Waals surface area contributed by atoms with Crippen molar-refractivity contribution in [2.75, 3.05) is 38.8 Å². The number of hydrogen-bond acceptors (Lipinski definition) is 6. The van der Waals surface area contributed by atoms with Crippen molar-refractivity contribution >= 4 is 31.5 Å². The second-order valence-electron chi connectivity index (χ2n) is 8.56. The van der Waals surface area contributed by atoms with Crippen molar-refractivity contribution in [3.8, 4) is 11.5 Å². The third-order valence-corrected chi connectivity index (χ3v) is 6.94. The van der Waals surface area contributed by atoms with Gasteiger partial charge in [-0.2, -0.15) is 0 Å². The number of Topliss-reactive ketones (excluding diaryl/α,β-unsaturated/α-hetero) is 1. The largest absolute Gasteiger partial charge is 0.493 e. The van der Waals surface area contributed by atoms with E-state index in [4.69, 9.17) is 14.2 Å². The second kappa shape index (κ2) is 8.06. The van der Waals surface area contributed by atoms with Crippen molar-refractivity contribution in [1.82, 2.24) is 4.90 Å². The summed E-state index contributed by atoms with van der Waals surface area (Å²) >= 11 is 0. The summed E-state index contributed by atoms with van der Waals surface area (Å²) in [6, 6.07) is 3.79. The molecule has 0 N–H and O–H groups in total. The van der Waals surface area contributed by atoms with Gasteiger partial charge in [-0.1, -0.05) is 19.6 Å². The van der Waals surface area contributed by atoms with E-state index in [9.17, 15) is 14.4 Å². The number of hydrogen-bond donors (Lipinski definition) is 0. The molecule has 29 heavy (non-hydrogen) atoms. The number of anilines is 1. The standard InChI is InChI=1S/C20H28N2O6Si/c1-26-16-7-6-15-17(18(16)27-2)19(24)21-12-14(23)10-13(21)11-22(15)20(25)28-8-9-29(3,4)5/h6-7,13H,8-12H2,1-5H3/t13-/m0/s1. The molecule has 0 spiro atoms. The van der Waals surface area contributed by atoms with Crippen LogP contribution in [-0.4, -0.2) is 70.7 Å². The van der Waals surface area contributed by atoms with Gasteiger partial charge in [0.15, 0.2) is 17.3 Å². The maximum atomic E-state index is 13.3. The van der Waals surface area contributed by atoms with Gasteiger partial charge >= 0.3 is 6.09 Å². The first-order valence-electron chi connectivity index (χ1n) is 9.68. The van der Waals surface area contributed by atoms with Crippen LogP contribution in [0, 0.1) is 0 Å². The van der Waals surface area contributed by atoms with Crippen LogP contribution in [0.15, 0.2) is 12.1 Å². The van der Waals surface area contributed by atoms with Crippen molar-refractivity contribution < 1.29 is 28.6 Å². The average molecular weight is 421 g/mol. The highest BCUT2D eigenvalue weighted by molar-refractivity contribution is 6.76. The molecule has 1 fully saturated rings. The summed E-state index contributed by atoms with van der Waals surface area (Å²) in [4.78, 5) is 41.2. The molecule has 2 amide bonds. The highest BCUT2D eigenvalue weighted by Gasteiger charge is 2.43. The Morgan fingerprint density at radius 1 is 1.17 bits per heavy atom. The highest BCUT2D eigenvalue weighted by atomic mass is 28.3. The van der Waals surface area contributed by atoms with E-state index in [1.165, 1.54) is 24.0 Å². The fraction of sp³-hybridized carbons (Fsp3) is 0.550. The highest BCUT2D eigenvalue weighted by Crippen LogP contribution is 2.41. The molecule has 0 radical (unpaired) electrons. The quantitative estimate of drug-likeness (QED) is 0.681. The zero-order chi connectivity index (χ0) is 21.3. The smallest absolute Gasteiger partial charge is 0.414 e. The van der Waals surface area contributed by atoms with Crippen molar-refractivity contribution in [3.63, 3.8) is 0 Å². The fourth-order valence-electron chi connectivity index (χ4n) is 3.65. The molecule has 0 unspecified atom stereocenters. The molecule has 3 rings (SSSR count). The molecule has 0 aromatic heterocycles. The van der Waals surface area contributed by atoms with Gasteiger partial charge in [-0.05, 0) is 18.2 Å². The van der Waals surface area contributed by atoms with Crippen LogP contribution in [-0.2, 0) is 9.53 Å². The number of ketones is 1. The molecule has 1 saturated heterocycles. The third kappa shape index (κ3) is 4.24. The normalized spacial score (nSPS) is 18.9. The van der Waals surface area contributed by atoms with E-state index in [-0.39, 0.29) is 48.6 Å². The fourth-order valence-corrected chi connectivity index (χ4v) is 4.37. The summed E-state index contributed by atoms with van der Waals surface area (Å²) in [5, 5.41) is 0. The van der Waals surface area contributed by atoms with Gasteiger partial charge in [0.25, 0.3) is 5.91 Å². The minimum atomic E-state index is -1.36. The second-order valence-corrected chi connectivity index (χ2v) is 14.2. The molecule has 1 aromatic rings. The van der Waals surface area contributed by atoms with Crippen LogP contribution in [0.25, 0.3) is 0 Å². The lowest BCUT2D eigenvalue weighted by molar-refractivity contribution is -0.116. The molecule has 1 aromatic carbocycles. The van der Waals surface area contributed by atoms with E-state index < -0.39 is 14.2 Å². The van der Waals surface area contributed by atoms with Crippen LogP contribution in [0.5, 0.6) is 11.5 Å². The Kier molecular flexibility index (Phi) is 5.88. The van der Waals surface area contributed by atoms with Crippen molar-refractivity contribution in [1.29, 1.82) is 0 Å². The van der Waals surface area contributed by atoms with E-state index in [2.05, 4.69) is 19.6 Å². The van der Waals surface area contributed by atoms with Crippen LogP contribution in [0.1, 0.15) is 16.8 Å². The van der Waals surface area contributed by atoms with Crippen LogP contribution in [0.3, 0.4) is 0 Å². The number of nitrogens with zero attached hydrogens (tertiary/aromatic N) is 2. The van der Waals surface area contributed by atoms with Gasteiger partial charge in [-0.3, -0.25) is 14.5 Å². The minimum Gasteiger partial charge on any atom is -0.493 e. The summed E-state index contributed by atoms with van der Waals surface area (Å²) < 4.78 is 16.3. The Bertz CT molecular complexity index is 835. The van der Waals surface area contributed by atoms with Gasteiger partial charge in [0.1, 0.15) is 5.56 Å². The molecular weight excluding hydrogens is 392 g/mol. The zero-order valence-corrected chi connectivity index (χ0v) is 18.6. The van der Waals surface area contributed by atoms with E-state index in [0.29, 0.717) is 18.0 Å². The van der Waals surface area contributed by atoms with Crippen LogP contribution in [0.2, 0.25) is 25.7 Å². The Labute approximate surface area is 171 Å². The van der Waals surface area contributed by atoms with Crippen LogP contribution >= 0.6 is 0 Å². The van der Waals surface area contributed by atoms with E-state index >= 15 is 0 Å². The molecule has 2 aliphatic heterocycles. The van der Waals surface area contributed by atoms with Crippen molar-refractivity contribution in [2.24, 2.45) is 0 Å². The van der Waals surface area contributed by atoms with Crippen molar-refractivity contribution in [2.45, 2.75) is 38.1 Å². The monoisotopic (exact) mass is 420 g/mol. The Morgan fingerprint density at radius 2 is 1.90 bits per heavy atom. The summed E-state index contributed by atoms with van der Waals surface area (Å²) in [6.45, 7) is 7.18. The zero-order valence-electron chi connectivity index (χ0n) is 17.6. The number of carbonyl (C=O) groups excluding carboxylic acids is 3. The Hall–Kier alpha value is -2.55. The van der Waals surface area contributed by atoms with Crippen LogP contribution < -0.4 is 14.4 Å². The lowest BCUT2D eigenvalue weighted by Crippen LogP contribution is -2.42. The molecule has 0 saturated carbocycles. The van der Waals surface area contributed by atoms with Gasteiger partial charge in [-0.15, -0.1) is 0 Å². The third-order valence-electron chi connectivity index (χ3n) is 5.23. The number of methoxy groups -OCH3 is 2. The topological polar surface area (TPSA) is 85.4 Å². The summed E-state index contributed by atoms with van der Waals surface area (Å²) in [7, 11) is 1.56.